The lowest BCUT2D eigenvalue weighted by Crippen LogP contribution is -2.45. The van der Waals surface area contributed by atoms with Gasteiger partial charge >= 0.3 is 11.8 Å². The third-order valence-corrected chi connectivity index (χ3v) is 4.92. The highest BCUT2D eigenvalue weighted by Gasteiger charge is 2.37. The molecule has 1 aromatic heterocycles. The van der Waals surface area contributed by atoms with E-state index in [0.717, 1.165) is 12.8 Å². The van der Waals surface area contributed by atoms with Crippen molar-refractivity contribution in [2.75, 3.05) is 13.1 Å². The topological polar surface area (TPSA) is 58.2 Å². The van der Waals surface area contributed by atoms with Gasteiger partial charge in [-0.1, -0.05) is 25.0 Å². The minimum Gasteiger partial charge on any atom is -0.347 e. The van der Waals surface area contributed by atoms with Crippen LogP contribution in [0.15, 0.2) is 30.2 Å². The highest BCUT2D eigenvalue weighted by Crippen LogP contribution is 2.42. The Balaban J connectivity index is 1.95. The summed E-state index contributed by atoms with van der Waals surface area (Å²) in [4.78, 5) is 24.6. The van der Waals surface area contributed by atoms with Crippen LogP contribution in [0.3, 0.4) is 0 Å². The Morgan fingerprint density at radius 3 is 2.60 bits per heavy atom. The minimum absolute atomic E-state index is 0.0164. The van der Waals surface area contributed by atoms with Crippen molar-refractivity contribution < 1.29 is 9.59 Å². The summed E-state index contributed by atoms with van der Waals surface area (Å²) < 4.78 is 0. The van der Waals surface area contributed by atoms with E-state index in [-0.39, 0.29) is 5.41 Å². The molecule has 4 nitrogen and oxygen atoms in total. The molecule has 0 spiro atoms. The molecule has 2 N–H and O–H groups in total. The van der Waals surface area contributed by atoms with Crippen LogP contribution < -0.4 is 10.6 Å². The van der Waals surface area contributed by atoms with Crippen molar-refractivity contribution in [2.24, 2.45) is 0 Å². The van der Waals surface area contributed by atoms with Crippen LogP contribution in [0.4, 0.5) is 0 Å². The Hall–Kier alpha value is -1.62. The maximum Gasteiger partial charge on any atom is 0.309 e. The number of carbonyl (C=O) groups is 2. The fourth-order valence-electron chi connectivity index (χ4n) is 2.72. The van der Waals surface area contributed by atoms with E-state index < -0.39 is 11.8 Å². The van der Waals surface area contributed by atoms with Crippen molar-refractivity contribution in [3.63, 3.8) is 0 Å². The molecule has 0 radical (unpaired) electrons. The summed E-state index contributed by atoms with van der Waals surface area (Å²) >= 11 is 1.73. The smallest absolute Gasteiger partial charge is 0.309 e. The van der Waals surface area contributed by atoms with Gasteiger partial charge in [-0.25, -0.2) is 0 Å². The second-order valence-electron chi connectivity index (χ2n) is 5.15. The first-order valence-corrected chi connectivity index (χ1v) is 7.77. The monoisotopic (exact) mass is 292 g/mol. The Morgan fingerprint density at radius 2 is 2.00 bits per heavy atom. The van der Waals surface area contributed by atoms with E-state index in [9.17, 15) is 9.59 Å². The zero-order chi connectivity index (χ0) is 14.4. The van der Waals surface area contributed by atoms with Gasteiger partial charge in [-0.05, 0) is 24.3 Å². The number of thiophene rings is 1. The average molecular weight is 292 g/mol. The standard InChI is InChI=1S/C15H20N2O2S/c1-2-9-16-13(18)14(19)17-11-15(7-3-4-8-15)12-6-5-10-20-12/h2,5-6,10H,1,3-4,7-9,11H2,(H,16,18)(H,17,19). The summed E-state index contributed by atoms with van der Waals surface area (Å²) in [5.41, 5.74) is 0.0164. The lowest BCUT2D eigenvalue weighted by atomic mass is 9.84. The SMILES string of the molecule is C=CCNC(=O)C(=O)NCC1(c2cccs2)CCCC1. The van der Waals surface area contributed by atoms with E-state index in [1.54, 1.807) is 17.4 Å². The maximum atomic E-state index is 11.8. The molecule has 1 aliphatic rings. The van der Waals surface area contributed by atoms with Gasteiger partial charge in [0.25, 0.3) is 0 Å². The van der Waals surface area contributed by atoms with Crippen LogP contribution in [0.5, 0.6) is 0 Å². The fourth-order valence-corrected chi connectivity index (χ4v) is 3.70. The van der Waals surface area contributed by atoms with Gasteiger partial charge in [0.2, 0.25) is 0 Å². The number of nitrogens with one attached hydrogen (secondary N) is 2. The Morgan fingerprint density at radius 1 is 1.30 bits per heavy atom. The first-order chi connectivity index (χ1) is 9.68. The van der Waals surface area contributed by atoms with Crippen LogP contribution in [0, 0.1) is 0 Å². The van der Waals surface area contributed by atoms with Gasteiger partial charge < -0.3 is 10.6 Å². The van der Waals surface area contributed by atoms with Gasteiger partial charge in [0.15, 0.2) is 0 Å². The van der Waals surface area contributed by atoms with Gasteiger partial charge in [-0.15, -0.1) is 17.9 Å². The van der Waals surface area contributed by atoms with Crippen molar-refractivity contribution >= 4 is 23.2 Å². The molecule has 0 aliphatic heterocycles. The molecule has 1 fully saturated rings. The molecule has 0 aromatic carbocycles. The predicted molar refractivity (Wildman–Crippen MR) is 80.7 cm³/mol. The Bertz CT molecular complexity index is 476. The van der Waals surface area contributed by atoms with Crippen LogP contribution in [-0.4, -0.2) is 24.9 Å². The average Bonchev–Trinajstić information content (AvgIpc) is 3.13. The summed E-state index contributed by atoms with van der Waals surface area (Å²) in [5.74, 6) is -1.15. The molecule has 0 unspecified atom stereocenters. The molecule has 1 aliphatic carbocycles. The molecule has 1 aromatic rings. The molecule has 108 valence electrons. The van der Waals surface area contributed by atoms with Crippen LogP contribution in [-0.2, 0) is 15.0 Å². The summed E-state index contributed by atoms with van der Waals surface area (Å²) in [6.07, 6.45) is 6.05. The van der Waals surface area contributed by atoms with E-state index in [1.165, 1.54) is 17.7 Å². The van der Waals surface area contributed by atoms with Gasteiger partial charge in [-0.3, -0.25) is 9.59 Å². The second-order valence-corrected chi connectivity index (χ2v) is 6.09. The molecular weight excluding hydrogens is 272 g/mol. The highest BCUT2D eigenvalue weighted by atomic mass is 32.1. The minimum atomic E-state index is -0.593. The van der Waals surface area contributed by atoms with E-state index in [1.807, 2.05) is 6.07 Å². The fraction of sp³-hybridized carbons (Fsp3) is 0.467. The number of hydrogen-bond donors (Lipinski definition) is 2. The summed E-state index contributed by atoms with van der Waals surface area (Å²) in [7, 11) is 0. The van der Waals surface area contributed by atoms with Gasteiger partial charge in [0.05, 0.1) is 0 Å². The predicted octanol–water partition coefficient (Wildman–Crippen LogP) is 1.98. The van der Waals surface area contributed by atoms with Gasteiger partial charge in [0.1, 0.15) is 0 Å². The normalized spacial score (nSPS) is 16.6. The molecule has 20 heavy (non-hydrogen) atoms. The van der Waals surface area contributed by atoms with Crippen molar-refractivity contribution in [2.45, 2.75) is 31.1 Å². The van der Waals surface area contributed by atoms with Crippen molar-refractivity contribution in [3.8, 4) is 0 Å². The molecular formula is C15H20N2O2S. The van der Waals surface area contributed by atoms with Crippen LogP contribution >= 0.6 is 11.3 Å². The Kier molecular flexibility index (Phi) is 4.95. The zero-order valence-electron chi connectivity index (χ0n) is 11.5. The van der Waals surface area contributed by atoms with Crippen LogP contribution in [0.25, 0.3) is 0 Å². The second kappa shape index (κ2) is 6.70. The zero-order valence-corrected chi connectivity index (χ0v) is 12.3. The lowest BCUT2D eigenvalue weighted by molar-refractivity contribution is -0.139. The van der Waals surface area contributed by atoms with Gasteiger partial charge in [-0.2, -0.15) is 0 Å². The molecule has 2 rings (SSSR count). The largest absolute Gasteiger partial charge is 0.347 e. The third kappa shape index (κ3) is 3.28. The summed E-state index contributed by atoms with van der Waals surface area (Å²) in [6, 6.07) is 4.17. The lowest BCUT2D eigenvalue weighted by Gasteiger charge is -2.28. The van der Waals surface area contributed by atoms with Crippen LogP contribution in [0.1, 0.15) is 30.6 Å². The van der Waals surface area contributed by atoms with Crippen LogP contribution in [0.2, 0.25) is 0 Å². The first-order valence-electron chi connectivity index (χ1n) is 6.89. The maximum absolute atomic E-state index is 11.8. The van der Waals surface area contributed by atoms with Crippen molar-refractivity contribution in [1.29, 1.82) is 0 Å². The summed E-state index contributed by atoms with van der Waals surface area (Å²) in [5, 5.41) is 7.34. The molecule has 2 amide bonds. The van der Waals surface area contributed by atoms with E-state index in [0.29, 0.717) is 13.1 Å². The number of amides is 2. The molecule has 1 saturated carbocycles. The molecule has 0 saturated heterocycles. The van der Waals surface area contributed by atoms with E-state index in [4.69, 9.17) is 0 Å². The first kappa shape index (κ1) is 14.8. The molecule has 1 heterocycles. The number of hydrogen-bond acceptors (Lipinski definition) is 3. The quantitative estimate of drug-likeness (QED) is 0.644. The highest BCUT2D eigenvalue weighted by molar-refractivity contribution is 7.10. The Labute approximate surface area is 123 Å². The number of carbonyl (C=O) groups excluding carboxylic acids is 2. The van der Waals surface area contributed by atoms with Crippen molar-refractivity contribution in [3.05, 3.63) is 35.0 Å². The molecule has 0 bridgehead atoms. The third-order valence-electron chi connectivity index (χ3n) is 3.81. The van der Waals surface area contributed by atoms with Crippen molar-refractivity contribution in [1.82, 2.24) is 10.6 Å². The number of rotatable bonds is 5. The van der Waals surface area contributed by atoms with E-state index in [2.05, 4.69) is 28.7 Å². The van der Waals surface area contributed by atoms with Gasteiger partial charge in [0, 0.05) is 23.4 Å². The molecule has 0 atom stereocenters. The molecule has 5 heteroatoms. The summed E-state index contributed by atoms with van der Waals surface area (Å²) in [6.45, 7) is 4.34. The van der Waals surface area contributed by atoms with E-state index >= 15 is 0 Å².